The normalized spacial score (nSPS) is 15.2. The van der Waals surface area contributed by atoms with E-state index in [2.05, 4.69) is 11.4 Å². The molecule has 1 aliphatic carbocycles. The smallest absolute Gasteiger partial charge is 0.161 e. The first kappa shape index (κ1) is 15.1. The van der Waals surface area contributed by atoms with Gasteiger partial charge in [0.15, 0.2) is 11.5 Å². The lowest BCUT2D eigenvalue weighted by molar-refractivity contribution is 0.0549. The number of aliphatic hydroxyl groups is 1. The minimum absolute atomic E-state index is 0.472. The number of nitrogens with one attached hydrogen (secondary N) is 1. The molecule has 0 unspecified atom stereocenters. The molecule has 1 aromatic rings. The molecule has 1 fully saturated rings. The summed E-state index contributed by atoms with van der Waals surface area (Å²) in [5, 5.41) is 13.2. The molecule has 112 valence electrons. The van der Waals surface area contributed by atoms with Crippen molar-refractivity contribution in [2.24, 2.45) is 0 Å². The topological polar surface area (TPSA) is 50.7 Å². The second-order valence-corrected chi connectivity index (χ2v) is 6.05. The molecule has 1 aliphatic rings. The Balaban J connectivity index is 1.94. The summed E-state index contributed by atoms with van der Waals surface area (Å²) in [5.41, 5.74) is 0.481. The number of methoxy groups -OCH3 is 1. The number of hydrogen-bond donors (Lipinski definition) is 2. The number of hydrogen-bond acceptors (Lipinski definition) is 4. The van der Waals surface area contributed by atoms with E-state index in [0.29, 0.717) is 19.1 Å². The maximum atomic E-state index is 9.71. The third-order valence-corrected chi connectivity index (χ3v) is 3.37. The van der Waals surface area contributed by atoms with Gasteiger partial charge in [-0.15, -0.1) is 0 Å². The van der Waals surface area contributed by atoms with Crippen molar-refractivity contribution in [2.75, 3.05) is 13.7 Å². The molecule has 0 spiro atoms. The highest BCUT2D eigenvalue weighted by Crippen LogP contribution is 2.29. The molecule has 0 atom stereocenters. The number of rotatable bonds is 8. The molecule has 0 aromatic heterocycles. The minimum Gasteiger partial charge on any atom is -0.493 e. The van der Waals surface area contributed by atoms with Gasteiger partial charge in [0.1, 0.15) is 0 Å². The lowest BCUT2D eigenvalue weighted by atomic mass is 10.1. The molecule has 0 bridgehead atoms. The molecule has 0 aliphatic heterocycles. The van der Waals surface area contributed by atoms with Crippen LogP contribution >= 0.6 is 0 Å². The molecule has 2 N–H and O–H groups in total. The standard InChI is InChI=1S/C16H25NO3/c1-16(2,18)8-9-20-15-10-12(4-7-14(15)19-3)11-17-13-5-6-13/h4,7,10,13,17-18H,5-6,8-9,11H2,1-3H3. The Labute approximate surface area is 121 Å². The van der Waals surface area contributed by atoms with Gasteiger partial charge in [-0.2, -0.15) is 0 Å². The van der Waals surface area contributed by atoms with Crippen molar-refractivity contribution in [3.8, 4) is 11.5 Å². The average molecular weight is 279 g/mol. The maximum Gasteiger partial charge on any atom is 0.161 e. The van der Waals surface area contributed by atoms with Crippen LogP contribution in [0.3, 0.4) is 0 Å². The highest BCUT2D eigenvalue weighted by Gasteiger charge is 2.20. The molecule has 4 heteroatoms. The van der Waals surface area contributed by atoms with Crippen LogP contribution in [0, 0.1) is 0 Å². The maximum absolute atomic E-state index is 9.71. The zero-order chi connectivity index (χ0) is 14.6. The van der Waals surface area contributed by atoms with Crippen molar-refractivity contribution in [1.29, 1.82) is 0 Å². The van der Waals surface area contributed by atoms with Gasteiger partial charge in [-0.05, 0) is 44.4 Å². The largest absolute Gasteiger partial charge is 0.493 e. The molecular weight excluding hydrogens is 254 g/mol. The number of benzene rings is 1. The summed E-state index contributed by atoms with van der Waals surface area (Å²) < 4.78 is 11.1. The van der Waals surface area contributed by atoms with E-state index in [-0.39, 0.29) is 0 Å². The van der Waals surface area contributed by atoms with Gasteiger partial charge < -0.3 is 19.9 Å². The average Bonchev–Trinajstić information content (AvgIpc) is 3.19. The minimum atomic E-state index is -0.710. The van der Waals surface area contributed by atoms with Crippen LogP contribution in [0.4, 0.5) is 0 Å². The highest BCUT2D eigenvalue weighted by molar-refractivity contribution is 5.43. The summed E-state index contributed by atoms with van der Waals surface area (Å²) in [5.74, 6) is 1.47. The van der Waals surface area contributed by atoms with Gasteiger partial charge in [-0.3, -0.25) is 0 Å². The second kappa shape index (κ2) is 6.46. The van der Waals surface area contributed by atoms with E-state index >= 15 is 0 Å². The second-order valence-electron chi connectivity index (χ2n) is 6.05. The fourth-order valence-electron chi connectivity index (χ4n) is 1.90. The molecule has 2 rings (SSSR count). The van der Waals surface area contributed by atoms with E-state index in [9.17, 15) is 5.11 Å². The first-order valence-electron chi connectivity index (χ1n) is 7.23. The fourth-order valence-corrected chi connectivity index (χ4v) is 1.90. The summed E-state index contributed by atoms with van der Waals surface area (Å²) in [7, 11) is 1.64. The summed E-state index contributed by atoms with van der Waals surface area (Å²) in [4.78, 5) is 0. The predicted octanol–water partition coefficient (Wildman–Crippen LogP) is 2.49. The summed E-state index contributed by atoms with van der Waals surface area (Å²) in [6.07, 6.45) is 3.15. The molecule has 4 nitrogen and oxygen atoms in total. The number of ether oxygens (including phenoxy) is 2. The van der Waals surface area contributed by atoms with Gasteiger partial charge in [0.05, 0.1) is 19.3 Å². The van der Waals surface area contributed by atoms with Crippen molar-refractivity contribution in [1.82, 2.24) is 5.32 Å². The first-order chi connectivity index (χ1) is 9.48. The Bertz CT molecular complexity index is 436. The molecule has 0 radical (unpaired) electrons. The van der Waals surface area contributed by atoms with E-state index in [1.54, 1.807) is 21.0 Å². The lowest BCUT2D eigenvalue weighted by Gasteiger charge is -2.18. The molecule has 0 saturated heterocycles. The van der Waals surface area contributed by atoms with Crippen LogP contribution in [0.25, 0.3) is 0 Å². The zero-order valence-corrected chi connectivity index (χ0v) is 12.6. The fraction of sp³-hybridized carbons (Fsp3) is 0.625. The monoisotopic (exact) mass is 279 g/mol. The Morgan fingerprint density at radius 1 is 1.30 bits per heavy atom. The van der Waals surface area contributed by atoms with E-state index in [4.69, 9.17) is 9.47 Å². The third-order valence-electron chi connectivity index (χ3n) is 3.37. The molecular formula is C16H25NO3. The van der Waals surface area contributed by atoms with E-state index < -0.39 is 5.60 Å². The van der Waals surface area contributed by atoms with Crippen LogP contribution < -0.4 is 14.8 Å². The highest BCUT2D eigenvalue weighted by atomic mass is 16.5. The predicted molar refractivity (Wildman–Crippen MR) is 79.3 cm³/mol. The van der Waals surface area contributed by atoms with Crippen LogP contribution in [0.15, 0.2) is 18.2 Å². The molecule has 0 heterocycles. The summed E-state index contributed by atoms with van der Waals surface area (Å²) in [6, 6.07) is 6.69. The first-order valence-corrected chi connectivity index (χ1v) is 7.23. The van der Waals surface area contributed by atoms with Gasteiger partial charge in [0, 0.05) is 19.0 Å². The Morgan fingerprint density at radius 3 is 2.65 bits per heavy atom. The SMILES string of the molecule is COc1ccc(CNC2CC2)cc1OCCC(C)(C)O. The molecule has 0 amide bonds. The van der Waals surface area contributed by atoms with Crippen LogP contribution in [0.2, 0.25) is 0 Å². The van der Waals surface area contributed by atoms with Gasteiger partial charge in [-0.1, -0.05) is 6.07 Å². The van der Waals surface area contributed by atoms with Gasteiger partial charge in [0.25, 0.3) is 0 Å². The third kappa shape index (κ3) is 5.02. The van der Waals surface area contributed by atoms with Gasteiger partial charge in [0.2, 0.25) is 0 Å². The summed E-state index contributed by atoms with van der Waals surface area (Å²) in [6.45, 7) is 4.89. The van der Waals surface area contributed by atoms with Crippen LogP contribution in [0.5, 0.6) is 11.5 Å². The van der Waals surface area contributed by atoms with Gasteiger partial charge in [-0.25, -0.2) is 0 Å². The molecule has 1 saturated carbocycles. The van der Waals surface area contributed by atoms with Gasteiger partial charge >= 0.3 is 0 Å². The van der Waals surface area contributed by atoms with Crippen molar-refractivity contribution >= 4 is 0 Å². The van der Waals surface area contributed by atoms with Crippen LogP contribution in [-0.4, -0.2) is 30.5 Å². The lowest BCUT2D eigenvalue weighted by Crippen LogP contribution is -2.22. The van der Waals surface area contributed by atoms with Crippen molar-refractivity contribution in [3.05, 3.63) is 23.8 Å². The molecule has 20 heavy (non-hydrogen) atoms. The molecule has 1 aromatic carbocycles. The van der Waals surface area contributed by atoms with Crippen LogP contribution in [0.1, 0.15) is 38.7 Å². The van der Waals surface area contributed by atoms with Crippen LogP contribution in [-0.2, 0) is 6.54 Å². The van der Waals surface area contributed by atoms with Crippen molar-refractivity contribution < 1.29 is 14.6 Å². The Morgan fingerprint density at radius 2 is 2.05 bits per heavy atom. The zero-order valence-electron chi connectivity index (χ0n) is 12.6. The van der Waals surface area contributed by atoms with Crippen molar-refractivity contribution in [3.63, 3.8) is 0 Å². The Hall–Kier alpha value is -1.26. The Kier molecular flexibility index (Phi) is 4.89. The summed E-state index contributed by atoms with van der Waals surface area (Å²) >= 11 is 0. The van der Waals surface area contributed by atoms with E-state index in [0.717, 1.165) is 18.0 Å². The van der Waals surface area contributed by atoms with Crippen molar-refractivity contribution in [2.45, 2.75) is 51.3 Å². The van der Waals surface area contributed by atoms with E-state index in [1.807, 2.05) is 12.1 Å². The van der Waals surface area contributed by atoms with E-state index in [1.165, 1.54) is 18.4 Å². The quantitative estimate of drug-likeness (QED) is 0.767.